The first-order valence-corrected chi connectivity index (χ1v) is 9.34. The number of hydrogen-bond acceptors (Lipinski definition) is 6. The number of oxime groups is 1. The highest BCUT2D eigenvalue weighted by Gasteiger charge is 2.24. The van der Waals surface area contributed by atoms with E-state index < -0.39 is 18.3 Å². The Morgan fingerprint density at radius 3 is 2.45 bits per heavy atom. The van der Waals surface area contributed by atoms with Crippen LogP contribution in [0.5, 0.6) is 17.5 Å². The second kappa shape index (κ2) is 9.06. The van der Waals surface area contributed by atoms with E-state index in [0.717, 1.165) is 10.7 Å². The van der Waals surface area contributed by atoms with Crippen LogP contribution >= 0.6 is 23.2 Å². The summed E-state index contributed by atoms with van der Waals surface area (Å²) in [5, 5.41) is 11.6. The largest absolute Gasteiger partial charge is 0.437 e. The minimum Gasteiger partial charge on any atom is -0.437 e. The van der Waals surface area contributed by atoms with Gasteiger partial charge in [-0.15, -0.1) is 0 Å². The molecule has 0 aliphatic carbocycles. The van der Waals surface area contributed by atoms with Gasteiger partial charge in [0.2, 0.25) is 11.8 Å². The monoisotopic (exact) mass is 477 g/mol. The van der Waals surface area contributed by atoms with Crippen LogP contribution in [0.4, 0.5) is 13.2 Å². The van der Waals surface area contributed by atoms with E-state index in [1.165, 1.54) is 31.1 Å². The van der Waals surface area contributed by atoms with Crippen LogP contribution in [0.25, 0.3) is 11.3 Å². The molecule has 0 saturated carbocycles. The van der Waals surface area contributed by atoms with Gasteiger partial charge in [-0.3, -0.25) is 0 Å². The van der Waals surface area contributed by atoms with Crippen LogP contribution < -0.4 is 9.47 Å². The van der Waals surface area contributed by atoms with Crippen LogP contribution in [-0.2, 0) is 18.9 Å². The number of ether oxygens (including phenoxy) is 2. The van der Waals surface area contributed by atoms with Gasteiger partial charge in [-0.25, -0.2) is 13.8 Å². The lowest BCUT2D eigenvalue weighted by Gasteiger charge is -2.11. The topological polar surface area (TPSA) is 75.7 Å². The van der Waals surface area contributed by atoms with Crippen LogP contribution in [0.15, 0.2) is 17.3 Å². The summed E-state index contributed by atoms with van der Waals surface area (Å²) in [5.41, 5.74) is 0.851. The quantitative estimate of drug-likeness (QED) is 0.355. The molecule has 0 aliphatic heterocycles. The van der Waals surface area contributed by atoms with Gasteiger partial charge in [0.15, 0.2) is 0 Å². The summed E-state index contributed by atoms with van der Waals surface area (Å²) < 4.78 is 52.6. The number of rotatable bonds is 7. The molecule has 2 aromatic heterocycles. The highest BCUT2D eigenvalue weighted by Crippen LogP contribution is 2.41. The molecule has 13 heteroatoms. The van der Waals surface area contributed by atoms with Gasteiger partial charge in [-0.1, -0.05) is 28.4 Å². The third-order valence-corrected chi connectivity index (χ3v) is 4.76. The summed E-state index contributed by atoms with van der Waals surface area (Å²) in [6, 6.07) is 2.24. The van der Waals surface area contributed by atoms with Crippen molar-refractivity contribution < 1.29 is 27.5 Å². The number of nitrogens with zero attached hydrogens (tertiary/aromatic N) is 5. The van der Waals surface area contributed by atoms with Crippen LogP contribution in [0.2, 0.25) is 10.0 Å². The van der Waals surface area contributed by atoms with Crippen LogP contribution in [0, 0.1) is 12.7 Å². The minimum atomic E-state index is -3.13. The Morgan fingerprint density at radius 1 is 1.13 bits per heavy atom. The molecule has 3 aromatic rings. The average molecular weight is 478 g/mol. The molecule has 0 amide bonds. The summed E-state index contributed by atoms with van der Waals surface area (Å²) in [6.07, 6.45) is 1.40. The molecule has 0 fully saturated rings. The lowest BCUT2D eigenvalue weighted by atomic mass is 10.1. The molecule has 0 atom stereocenters. The summed E-state index contributed by atoms with van der Waals surface area (Å²) in [6.45, 7) is -1.39. The summed E-state index contributed by atoms with van der Waals surface area (Å²) in [4.78, 5) is 4.70. The molecule has 2 heterocycles. The van der Waals surface area contributed by atoms with E-state index in [-0.39, 0.29) is 32.9 Å². The number of hydrogen-bond donors (Lipinski definition) is 0. The van der Waals surface area contributed by atoms with Crippen molar-refractivity contribution in [3.63, 3.8) is 0 Å². The van der Waals surface area contributed by atoms with Gasteiger partial charge in [0.25, 0.3) is 0 Å². The Bertz CT molecular complexity index is 1150. The molecular weight excluding hydrogens is 462 g/mol. The molecule has 166 valence electrons. The van der Waals surface area contributed by atoms with Gasteiger partial charge in [-0.2, -0.15) is 19.0 Å². The van der Waals surface area contributed by atoms with Gasteiger partial charge in [0.1, 0.15) is 29.4 Å². The molecule has 0 unspecified atom stereocenters. The van der Waals surface area contributed by atoms with Crippen LogP contribution in [-0.4, -0.2) is 39.5 Å². The highest BCUT2D eigenvalue weighted by atomic mass is 35.5. The number of alkyl halides is 2. The summed E-state index contributed by atoms with van der Waals surface area (Å²) in [7, 11) is 4.35. The average Bonchev–Trinajstić information content (AvgIpc) is 3.11. The number of halogens is 5. The zero-order valence-corrected chi connectivity index (χ0v) is 18.2. The fraction of sp³-hybridized carbons (Fsp3) is 0.278. The Kier molecular flexibility index (Phi) is 6.65. The Labute approximate surface area is 184 Å². The molecule has 8 nitrogen and oxygen atoms in total. The third kappa shape index (κ3) is 4.57. The van der Waals surface area contributed by atoms with Crippen molar-refractivity contribution >= 4 is 29.4 Å². The van der Waals surface area contributed by atoms with Gasteiger partial charge < -0.3 is 14.3 Å². The van der Waals surface area contributed by atoms with E-state index in [2.05, 4.69) is 20.1 Å². The molecule has 0 radical (unpaired) electrons. The smallest absolute Gasteiger partial charge is 0.388 e. The van der Waals surface area contributed by atoms with E-state index in [9.17, 15) is 13.2 Å². The first-order valence-electron chi connectivity index (χ1n) is 8.58. The predicted octanol–water partition coefficient (Wildman–Crippen LogP) is 4.95. The third-order valence-electron chi connectivity index (χ3n) is 4.12. The fourth-order valence-electron chi connectivity index (χ4n) is 2.79. The molecule has 3 rings (SSSR count). The maximum atomic E-state index is 14.7. The second-order valence-electron chi connectivity index (χ2n) is 6.18. The number of aryl methyl sites for hydroxylation is 3. The zero-order valence-electron chi connectivity index (χ0n) is 16.7. The second-order valence-corrected chi connectivity index (χ2v) is 6.96. The van der Waals surface area contributed by atoms with E-state index in [1.54, 1.807) is 14.0 Å². The first kappa shape index (κ1) is 22.8. The van der Waals surface area contributed by atoms with Crippen molar-refractivity contribution in [2.24, 2.45) is 19.3 Å². The van der Waals surface area contributed by atoms with Crippen LogP contribution in [0.3, 0.4) is 0 Å². The normalized spacial score (nSPS) is 11.5. The number of aromatic nitrogens is 4. The van der Waals surface area contributed by atoms with Gasteiger partial charge >= 0.3 is 6.61 Å². The maximum Gasteiger partial charge on any atom is 0.388 e. The first-order chi connectivity index (χ1) is 14.6. The summed E-state index contributed by atoms with van der Waals surface area (Å²) >= 11 is 12.3. The predicted molar refractivity (Wildman–Crippen MR) is 108 cm³/mol. The van der Waals surface area contributed by atoms with Gasteiger partial charge in [0, 0.05) is 19.7 Å². The van der Waals surface area contributed by atoms with Gasteiger partial charge in [-0.05, 0) is 19.1 Å². The minimum absolute atomic E-state index is 0.0474. The van der Waals surface area contributed by atoms with E-state index in [4.69, 9.17) is 32.8 Å². The van der Waals surface area contributed by atoms with Crippen molar-refractivity contribution in [1.82, 2.24) is 19.6 Å². The maximum absolute atomic E-state index is 14.7. The molecular formula is C18H16Cl2F3N5O3. The molecule has 0 N–H and O–H groups in total. The van der Waals surface area contributed by atoms with Crippen molar-refractivity contribution in [2.75, 3.05) is 7.11 Å². The Hall–Kier alpha value is -2.92. The highest BCUT2D eigenvalue weighted by molar-refractivity contribution is 6.34. The molecule has 0 saturated heterocycles. The summed E-state index contributed by atoms with van der Waals surface area (Å²) in [5.74, 6) is -0.898. The van der Waals surface area contributed by atoms with E-state index in [1.807, 2.05) is 0 Å². The van der Waals surface area contributed by atoms with Crippen molar-refractivity contribution in [2.45, 2.75) is 13.5 Å². The number of benzene rings is 1. The Balaban J connectivity index is 2.08. The molecule has 1 aromatic carbocycles. The molecule has 31 heavy (non-hydrogen) atoms. The molecule has 0 aliphatic rings. The lowest BCUT2D eigenvalue weighted by molar-refractivity contribution is -0.0552. The van der Waals surface area contributed by atoms with Crippen LogP contribution in [0.1, 0.15) is 11.3 Å². The lowest BCUT2D eigenvalue weighted by Crippen LogP contribution is -2.06. The van der Waals surface area contributed by atoms with Crippen molar-refractivity contribution in [1.29, 1.82) is 0 Å². The SMILES string of the molecule is CO/N=C/c1c(C)nn(C)c1Oc1cc(-c2nn(C)c(OC(F)F)c2Cl)c(F)cc1Cl. The zero-order chi connectivity index (χ0) is 22.9. The standard InChI is InChI=1S/C18H16Cl2F3N5O3/c1-8-10(7-24-29-4)16(27(2)25-8)30-13-5-9(12(21)6-11(13)19)15-14(20)17(28(3)26-15)31-18(22)23/h5-7,18H,1-4H3/b24-7+. The van der Waals surface area contributed by atoms with Gasteiger partial charge in [0.05, 0.1) is 22.5 Å². The fourth-order valence-corrected chi connectivity index (χ4v) is 3.28. The Morgan fingerprint density at radius 2 is 1.81 bits per heavy atom. The molecule has 0 bridgehead atoms. The molecule has 0 spiro atoms. The van der Waals surface area contributed by atoms with Crippen molar-refractivity contribution in [3.8, 4) is 28.8 Å². The van der Waals surface area contributed by atoms with E-state index in [0.29, 0.717) is 11.3 Å². The van der Waals surface area contributed by atoms with Crippen molar-refractivity contribution in [3.05, 3.63) is 39.3 Å². The van der Waals surface area contributed by atoms with E-state index >= 15 is 0 Å².